The summed E-state index contributed by atoms with van der Waals surface area (Å²) in [5.41, 5.74) is 1.42. The molecule has 0 spiro atoms. The molecule has 7 heteroatoms. The highest BCUT2D eigenvalue weighted by Crippen LogP contribution is 2.36. The third-order valence-electron chi connectivity index (χ3n) is 4.22. The Bertz CT molecular complexity index is 788. The van der Waals surface area contributed by atoms with Gasteiger partial charge in [0.25, 0.3) is 11.6 Å². The maximum atomic E-state index is 12.2. The molecule has 7 nitrogen and oxygen atoms in total. The number of benzene rings is 2. The molecule has 3 rings (SSSR count). The lowest BCUT2D eigenvalue weighted by molar-refractivity contribution is -0.385. The van der Waals surface area contributed by atoms with E-state index >= 15 is 0 Å². The molecule has 1 aliphatic heterocycles. The summed E-state index contributed by atoms with van der Waals surface area (Å²) in [5.74, 6) is -0.508. The molecular weight excluding hydrogens is 312 g/mol. The number of amides is 1. The molecule has 0 aliphatic carbocycles. The topological polar surface area (TPSA) is 102 Å². The van der Waals surface area contributed by atoms with E-state index in [1.54, 1.807) is 37.4 Å². The first-order valence-corrected chi connectivity index (χ1v) is 7.40. The van der Waals surface area contributed by atoms with Crippen LogP contribution < -0.4 is 10.1 Å². The second-order valence-electron chi connectivity index (χ2n) is 5.58. The smallest absolute Gasteiger partial charge is 0.274 e. The van der Waals surface area contributed by atoms with Gasteiger partial charge in [-0.1, -0.05) is 18.2 Å². The van der Waals surface area contributed by atoms with E-state index in [1.165, 1.54) is 12.1 Å². The third-order valence-corrected chi connectivity index (χ3v) is 4.22. The number of carbonyl (C=O) groups is 1. The third kappa shape index (κ3) is 2.81. The van der Waals surface area contributed by atoms with Gasteiger partial charge in [0.1, 0.15) is 11.9 Å². The van der Waals surface area contributed by atoms with Gasteiger partial charge in [-0.2, -0.15) is 0 Å². The van der Waals surface area contributed by atoms with Crippen LogP contribution in [0.25, 0.3) is 0 Å². The molecule has 1 amide bonds. The molecule has 2 N–H and O–H groups in total. The lowest BCUT2D eigenvalue weighted by Gasteiger charge is -2.19. The summed E-state index contributed by atoms with van der Waals surface area (Å²) in [6, 6.07) is 11.5. The van der Waals surface area contributed by atoms with Crippen LogP contribution in [-0.2, 0) is 11.2 Å². The van der Waals surface area contributed by atoms with Gasteiger partial charge in [-0.3, -0.25) is 14.9 Å². The summed E-state index contributed by atoms with van der Waals surface area (Å²) in [5, 5.41) is 24.2. The average molecular weight is 328 g/mol. The summed E-state index contributed by atoms with van der Waals surface area (Å²) in [6.07, 6.45) is -1.12. The van der Waals surface area contributed by atoms with Crippen molar-refractivity contribution in [1.82, 2.24) is 0 Å². The maximum Gasteiger partial charge on any atom is 0.274 e. The fourth-order valence-corrected chi connectivity index (χ4v) is 2.95. The lowest BCUT2D eigenvalue weighted by Crippen LogP contribution is -2.31. The Morgan fingerprint density at radius 3 is 2.58 bits per heavy atom. The Morgan fingerprint density at radius 1 is 1.25 bits per heavy atom. The second kappa shape index (κ2) is 6.29. The number of aliphatic hydroxyl groups is 1. The van der Waals surface area contributed by atoms with Gasteiger partial charge in [-0.25, -0.2) is 0 Å². The van der Waals surface area contributed by atoms with Crippen molar-refractivity contribution >= 4 is 17.3 Å². The fourth-order valence-electron chi connectivity index (χ4n) is 2.95. The number of hydrogen-bond acceptors (Lipinski definition) is 5. The molecule has 0 radical (unpaired) electrons. The van der Waals surface area contributed by atoms with Crippen LogP contribution in [0.5, 0.6) is 5.75 Å². The van der Waals surface area contributed by atoms with E-state index in [-0.39, 0.29) is 12.1 Å². The first-order chi connectivity index (χ1) is 11.5. The van der Waals surface area contributed by atoms with E-state index in [0.717, 1.165) is 0 Å². The number of hydrogen-bond donors (Lipinski definition) is 2. The Hall–Kier alpha value is -2.93. The van der Waals surface area contributed by atoms with Gasteiger partial charge in [0, 0.05) is 12.0 Å². The van der Waals surface area contributed by atoms with Crippen LogP contribution >= 0.6 is 0 Å². The lowest BCUT2D eigenvalue weighted by atomic mass is 9.87. The molecule has 2 aromatic rings. The van der Waals surface area contributed by atoms with Crippen molar-refractivity contribution in [3.63, 3.8) is 0 Å². The molecule has 2 aromatic carbocycles. The number of aliphatic hydroxyl groups excluding tert-OH is 1. The maximum absolute atomic E-state index is 12.2. The number of nitrogens with one attached hydrogen (secondary N) is 1. The van der Waals surface area contributed by atoms with Crippen LogP contribution in [0.1, 0.15) is 17.0 Å². The van der Waals surface area contributed by atoms with E-state index in [9.17, 15) is 20.0 Å². The normalized spacial score (nSPS) is 19.8. The van der Waals surface area contributed by atoms with Crippen molar-refractivity contribution in [2.24, 2.45) is 0 Å². The SMILES string of the molecule is COc1ccc(C2Cc3c(cccc3[N+](=O)[O-])NC(=O)C2O)cc1. The molecule has 2 atom stereocenters. The molecule has 1 aliphatic rings. The first kappa shape index (κ1) is 15.9. The van der Waals surface area contributed by atoms with Gasteiger partial charge < -0.3 is 15.2 Å². The minimum Gasteiger partial charge on any atom is -0.497 e. The monoisotopic (exact) mass is 328 g/mol. The molecule has 2 unspecified atom stereocenters. The zero-order chi connectivity index (χ0) is 17.3. The second-order valence-corrected chi connectivity index (χ2v) is 5.58. The molecule has 0 bridgehead atoms. The van der Waals surface area contributed by atoms with Gasteiger partial charge in [0.15, 0.2) is 0 Å². The van der Waals surface area contributed by atoms with E-state index in [0.29, 0.717) is 22.6 Å². The number of fused-ring (bicyclic) bond motifs is 1. The predicted octanol–water partition coefficient (Wildman–Crippen LogP) is 2.24. The minimum atomic E-state index is -1.30. The number of nitro benzene ring substituents is 1. The van der Waals surface area contributed by atoms with Crippen molar-refractivity contribution in [2.45, 2.75) is 18.4 Å². The Balaban J connectivity index is 2.06. The number of rotatable bonds is 3. The standard InChI is InChI=1S/C17H16N2O5/c1-24-11-7-5-10(6-8-11)12-9-13-14(18-17(21)16(12)20)3-2-4-15(13)19(22)23/h2-8,12,16,20H,9H2,1H3,(H,18,21). The van der Waals surface area contributed by atoms with E-state index < -0.39 is 22.9 Å². The summed E-state index contributed by atoms with van der Waals surface area (Å²) in [4.78, 5) is 23.0. The average Bonchev–Trinajstić information content (AvgIpc) is 2.71. The first-order valence-electron chi connectivity index (χ1n) is 7.40. The van der Waals surface area contributed by atoms with Gasteiger partial charge in [0.2, 0.25) is 0 Å². The largest absolute Gasteiger partial charge is 0.497 e. The highest BCUT2D eigenvalue weighted by Gasteiger charge is 2.35. The van der Waals surface area contributed by atoms with Gasteiger partial charge in [-0.15, -0.1) is 0 Å². The zero-order valence-corrected chi connectivity index (χ0v) is 12.9. The summed E-state index contributed by atoms with van der Waals surface area (Å²) in [6.45, 7) is 0. The fraction of sp³-hybridized carbons (Fsp3) is 0.235. The quantitative estimate of drug-likeness (QED) is 0.664. The Kier molecular flexibility index (Phi) is 4.18. The van der Waals surface area contributed by atoms with Crippen LogP contribution in [0, 0.1) is 10.1 Å². The van der Waals surface area contributed by atoms with Gasteiger partial charge >= 0.3 is 0 Å². The van der Waals surface area contributed by atoms with Gasteiger partial charge in [0.05, 0.1) is 23.3 Å². The number of anilines is 1. The van der Waals surface area contributed by atoms with E-state index in [1.807, 2.05) is 0 Å². The number of carbonyl (C=O) groups excluding carboxylic acids is 1. The van der Waals surface area contributed by atoms with Gasteiger partial charge in [-0.05, 0) is 30.2 Å². The van der Waals surface area contributed by atoms with E-state index in [4.69, 9.17) is 4.74 Å². The van der Waals surface area contributed by atoms with E-state index in [2.05, 4.69) is 5.32 Å². The molecule has 0 saturated heterocycles. The van der Waals surface area contributed by atoms with Crippen LogP contribution in [-0.4, -0.2) is 29.2 Å². The zero-order valence-electron chi connectivity index (χ0n) is 12.9. The van der Waals surface area contributed by atoms with Crippen molar-refractivity contribution in [3.8, 4) is 5.75 Å². The molecule has 124 valence electrons. The van der Waals surface area contributed by atoms with Crippen LogP contribution in [0.2, 0.25) is 0 Å². The van der Waals surface area contributed by atoms with Crippen molar-refractivity contribution in [1.29, 1.82) is 0 Å². The van der Waals surface area contributed by atoms with Crippen molar-refractivity contribution in [2.75, 3.05) is 12.4 Å². The predicted molar refractivity (Wildman–Crippen MR) is 87.2 cm³/mol. The molecule has 1 heterocycles. The minimum absolute atomic E-state index is 0.0691. The van der Waals surface area contributed by atoms with Crippen molar-refractivity contribution in [3.05, 3.63) is 63.7 Å². The Morgan fingerprint density at radius 2 is 1.96 bits per heavy atom. The van der Waals surface area contributed by atoms with Crippen molar-refractivity contribution < 1.29 is 19.6 Å². The highest BCUT2D eigenvalue weighted by atomic mass is 16.6. The molecule has 0 aromatic heterocycles. The number of ether oxygens (including phenoxy) is 1. The summed E-state index contributed by atoms with van der Waals surface area (Å²) in [7, 11) is 1.54. The number of nitrogens with zero attached hydrogens (tertiary/aromatic N) is 1. The summed E-state index contributed by atoms with van der Waals surface area (Å²) < 4.78 is 5.10. The molecule has 0 fully saturated rings. The number of methoxy groups -OCH3 is 1. The molecule has 0 saturated carbocycles. The van der Waals surface area contributed by atoms with Crippen LogP contribution in [0.15, 0.2) is 42.5 Å². The molecule has 24 heavy (non-hydrogen) atoms. The Labute approximate surface area is 138 Å². The van der Waals surface area contributed by atoms with Crippen LogP contribution in [0.4, 0.5) is 11.4 Å². The highest BCUT2D eigenvalue weighted by molar-refractivity contribution is 5.97. The van der Waals surface area contributed by atoms with Crippen LogP contribution in [0.3, 0.4) is 0 Å². The number of nitro groups is 1. The summed E-state index contributed by atoms with van der Waals surface area (Å²) >= 11 is 0. The molecular formula is C17H16N2O5.